The lowest BCUT2D eigenvalue weighted by atomic mass is 10.2. The molecule has 0 bridgehead atoms. The Morgan fingerprint density at radius 1 is 0.964 bits per heavy atom. The van der Waals surface area contributed by atoms with Crippen molar-refractivity contribution in [3.8, 4) is 6.07 Å². The van der Waals surface area contributed by atoms with Crippen LogP contribution in [0.2, 0.25) is 0 Å². The first kappa shape index (κ1) is 19.1. The molecule has 5 nitrogen and oxygen atoms in total. The van der Waals surface area contributed by atoms with E-state index in [2.05, 4.69) is 52.2 Å². The van der Waals surface area contributed by atoms with Gasteiger partial charge in [0.15, 0.2) is 0 Å². The van der Waals surface area contributed by atoms with Crippen molar-refractivity contribution in [2.24, 2.45) is 0 Å². The van der Waals surface area contributed by atoms with Gasteiger partial charge in [-0.25, -0.2) is 4.98 Å². The molecule has 0 aliphatic heterocycles. The van der Waals surface area contributed by atoms with Crippen LogP contribution >= 0.6 is 0 Å². The van der Waals surface area contributed by atoms with E-state index in [9.17, 15) is 0 Å². The quantitative estimate of drug-likeness (QED) is 0.627. The Morgan fingerprint density at radius 2 is 1.75 bits per heavy atom. The maximum atomic E-state index is 9.11. The maximum Gasteiger partial charge on any atom is 0.229 e. The Kier molecular flexibility index (Phi) is 6.37. The second-order valence-electron chi connectivity index (χ2n) is 6.21. The van der Waals surface area contributed by atoms with Gasteiger partial charge in [0.2, 0.25) is 5.95 Å². The molecule has 0 amide bonds. The van der Waals surface area contributed by atoms with Crippen LogP contribution in [0.25, 0.3) is 12.2 Å². The lowest BCUT2D eigenvalue weighted by Crippen LogP contribution is -2.23. The van der Waals surface area contributed by atoms with Crippen LogP contribution in [-0.4, -0.2) is 23.1 Å². The van der Waals surface area contributed by atoms with Crippen molar-refractivity contribution >= 4 is 29.6 Å². The van der Waals surface area contributed by atoms with Crippen molar-refractivity contribution in [3.05, 3.63) is 77.5 Å². The molecule has 0 radical (unpaired) electrons. The average molecular weight is 369 g/mol. The minimum atomic E-state index is 0.507. The summed E-state index contributed by atoms with van der Waals surface area (Å²) < 4.78 is 0. The van der Waals surface area contributed by atoms with Crippen LogP contribution in [0.5, 0.6) is 0 Å². The first-order chi connectivity index (χ1) is 13.7. The van der Waals surface area contributed by atoms with Gasteiger partial charge >= 0.3 is 0 Å². The van der Waals surface area contributed by atoms with E-state index >= 15 is 0 Å². The van der Waals surface area contributed by atoms with Crippen LogP contribution in [0, 0.1) is 11.3 Å². The van der Waals surface area contributed by atoms with Crippen LogP contribution in [0.3, 0.4) is 0 Å². The topological polar surface area (TPSA) is 64.8 Å². The maximum absolute atomic E-state index is 9.11. The second-order valence-corrected chi connectivity index (χ2v) is 6.21. The molecule has 140 valence electrons. The predicted molar refractivity (Wildman–Crippen MR) is 115 cm³/mol. The summed E-state index contributed by atoms with van der Waals surface area (Å²) in [5, 5.41) is 12.3. The van der Waals surface area contributed by atoms with Crippen LogP contribution in [-0.2, 0) is 0 Å². The van der Waals surface area contributed by atoms with Crippen molar-refractivity contribution in [2.75, 3.05) is 23.3 Å². The molecule has 0 saturated heterocycles. The fourth-order valence-electron chi connectivity index (χ4n) is 2.84. The van der Waals surface area contributed by atoms with E-state index in [4.69, 9.17) is 5.26 Å². The highest BCUT2D eigenvalue weighted by molar-refractivity contribution is 5.70. The summed E-state index contributed by atoms with van der Waals surface area (Å²) in [5.41, 5.74) is 3.31. The molecule has 1 aromatic heterocycles. The molecule has 1 N–H and O–H groups in total. The van der Waals surface area contributed by atoms with E-state index < -0.39 is 0 Å². The molecule has 0 spiro atoms. The van der Waals surface area contributed by atoms with Gasteiger partial charge in [0.1, 0.15) is 5.82 Å². The van der Waals surface area contributed by atoms with Crippen molar-refractivity contribution in [2.45, 2.75) is 13.8 Å². The van der Waals surface area contributed by atoms with Gasteiger partial charge < -0.3 is 10.2 Å². The first-order valence-corrected chi connectivity index (χ1v) is 9.36. The molecule has 1 heterocycles. The van der Waals surface area contributed by atoms with Crippen molar-refractivity contribution < 1.29 is 0 Å². The van der Waals surface area contributed by atoms with Crippen LogP contribution in [0.1, 0.15) is 30.7 Å². The lowest BCUT2D eigenvalue weighted by molar-refractivity contribution is 0.842. The van der Waals surface area contributed by atoms with Gasteiger partial charge in [-0.2, -0.15) is 10.2 Å². The van der Waals surface area contributed by atoms with Crippen molar-refractivity contribution in [1.29, 1.82) is 5.26 Å². The number of benzene rings is 2. The van der Waals surface area contributed by atoms with Crippen LogP contribution in [0.15, 0.2) is 60.7 Å². The van der Waals surface area contributed by atoms with Gasteiger partial charge in [-0.1, -0.05) is 42.5 Å². The molecular weight excluding hydrogens is 346 g/mol. The highest BCUT2D eigenvalue weighted by Crippen LogP contribution is 2.20. The molecule has 5 heteroatoms. The number of nitrogens with zero attached hydrogens (tertiary/aromatic N) is 4. The first-order valence-electron chi connectivity index (χ1n) is 9.36. The van der Waals surface area contributed by atoms with Gasteiger partial charge in [0.25, 0.3) is 0 Å². The number of nitrogens with one attached hydrogen (secondary N) is 1. The summed E-state index contributed by atoms with van der Waals surface area (Å²) in [6.45, 7) is 5.93. The number of hydrogen-bond donors (Lipinski definition) is 1. The Bertz CT molecular complexity index is 985. The molecule has 3 aromatic rings. The molecule has 0 atom stereocenters. The van der Waals surface area contributed by atoms with E-state index in [1.165, 1.54) is 0 Å². The van der Waals surface area contributed by atoms with Gasteiger partial charge in [0, 0.05) is 24.8 Å². The standard InChI is InChI=1S/C23H23N5/c1-3-28(4-2)22-16-21(14-13-18-9-6-5-7-10-18)26-23(27-22)25-20-12-8-11-19(15-20)17-24/h5-16H,3-4H2,1-2H3,(H,25,26,27). The third kappa shape index (κ3) is 4.95. The largest absolute Gasteiger partial charge is 0.357 e. The van der Waals surface area contributed by atoms with Gasteiger partial charge in [0.05, 0.1) is 17.3 Å². The summed E-state index contributed by atoms with van der Waals surface area (Å²) in [7, 11) is 0. The SMILES string of the molecule is CCN(CC)c1cc(C=Cc2ccccc2)nc(Nc2cccc(C#N)c2)n1. The third-order valence-corrected chi connectivity index (χ3v) is 4.31. The molecule has 0 fully saturated rings. The minimum Gasteiger partial charge on any atom is -0.357 e. The summed E-state index contributed by atoms with van der Waals surface area (Å²) in [6.07, 6.45) is 4.02. The molecule has 0 aliphatic rings. The summed E-state index contributed by atoms with van der Waals surface area (Å²) >= 11 is 0. The van der Waals surface area contributed by atoms with Crippen LogP contribution in [0.4, 0.5) is 17.5 Å². The summed E-state index contributed by atoms with van der Waals surface area (Å²) in [6, 6.07) is 21.6. The van der Waals surface area contributed by atoms with Crippen molar-refractivity contribution in [3.63, 3.8) is 0 Å². The zero-order chi connectivity index (χ0) is 19.8. The Morgan fingerprint density at radius 3 is 2.46 bits per heavy atom. The second kappa shape index (κ2) is 9.33. The van der Waals surface area contributed by atoms with Gasteiger partial charge in [-0.15, -0.1) is 0 Å². The fraction of sp³-hybridized carbons (Fsp3) is 0.174. The zero-order valence-electron chi connectivity index (χ0n) is 16.1. The average Bonchev–Trinajstić information content (AvgIpc) is 2.74. The van der Waals surface area contributed by atoms with E-state index in [0.29, 0.717) is 11.5 Å². The number of hydrogen-bond acceptors (Lipinski definition) is 5. The third-order valence-electron chi connectivity index (χ3n) is 4.31. The molecule has 2 aromatic carbocycles. The highest BCUT2D eigenvalue weighted by Gasteiger charge is 2.09. The van der Waals surface area contributed by atoms with Crippen molar-refractivity contribution in [1.82, 2.24) is 9.97 Å². The molecule has 28 heavy (non-hydrogen) atoms. The summed E-state index contributed by atoms with van der Waals surface area (Å²) in [5.74, 6) is 1.37. The minimum absolute atomic E-state index is 0.507. The van der Waals surface area contributed by atoms with Gasteiger partial charge in [-0.3, -0.25) is 0 Å². The highest BCUT2D eigenvalue weighted by atomic mass is 15.2. The Labute approximate surface area is 166 Å². The molecular formula is C23H23N5. The molecule has 0 aliphatic carbocycles. The van der Waals surface area contributed by atoms with E-state index in [-0.39, 0.29) is 0 Å². The smallest absolute Gasteiger partial charge is 0.229 e. The van der Waals surface area contributed by atoms with Gasteiger partial charge in [-0.05, 0) is 43.7 Å². The summed E-state index contributed by atoms with van der Waals surface area (Å²) in [4.78, 5) is 11.5. The lowest BCUT2D eigenvalue weighted by Gasteiger charge is -2.20. The predicted octanol–water partition coefficient (Wildman–Crippen LogP) is 5.11. The number of aromatic nitrogens is 2. The number of nitriles is 1. The molecule has 0 saturated carbocycles. The Balaban J connectivity index is 1.95. The number of rotatable bonds is 7. The van der Waals surface area contributed by atoms with Crippen LogP contribution < -0.4 is 10.2 Å². The Hall–Kier alpha value is -3.65. The molecule has 3 rings (SSSR count). The number of anilines is 3. The molecule has 0 unspecified atom stereocenters. The van der Waals surface area contributed by atoms with E-state index in [0.717, 1.165) is 35.9 Å². The van der Waals surface area contributed by atoms with E-state index in [1.54, 1.807) is 12.1 Å². The zero-order valence-corrected chi connectivity index (χ0v) is 16.1. The van der Waals surface area contributed by atoms with E-state index in [1.807, 2.05) is 48.6 Å². The normalized spacial score (nSPS) is 10.6. The fourth-order valence-corrected chi connectivity index (χ4v) is 2.84. The monoisotopic (exact) mass is 369 g/mol.